The minimum atomic E-state index is -0.711. The van der Waals surface area contributed by atoms with E-state index in [1.807, 2.05) is 6.92 Å². The first-order valence-corrected chi connectivity index (χ1v) is 22.2. The van der Waals surface area contributed by atoms with Crippen LogP contribution in [0.5, 0.6) is 0 Å². The maximum Gasteiger partial charge on any atom is 0.324 e. The molecule has 6 heterocycles. The molecular weight excluding hydrogens is 729 g/mol. The molecule has 318 valence electrons. The van der Waals surface area contributed by atoms with E-state index in [2.05, 4.69) is 82.7 Å². The molecule has 7 rings (SSSR count). The van der Waals surface area contributed by atoms with E-state index in [-0.39, 0.29) is 24.6 Å². The SMILES string of the molecule is CCC/C(=C\C(=C(/N)C(C)OC)c1c2c3cc(ccc3n1CC)C1=CCCN(C1)C[C@H](N)C(=O)N1CCC[C@H](N1)C(=O)OCC(C)(C)C2)N1CCN2CCCC[C@@H]2C1. The van der Waals surface area contributed by atoms with E-state index in [0.29, 0.717) is 44.9 Å². The molecule has 1 amide bonds. The van der Waals surface area contributed by atoms with E-state index < -0.39 is 17.5 Å². The molecule has 0 spiro atoms. The van der Waals surface area contributed by atoms with Gasteiger partial charge in [0, 0.05) is 98.8 Å². The van der Waals surface area contributed by atoms with Crippen LogP contribution in [-0.2, 0) is 32.0 Å². The number of carbonyl (C=O) groups excluding carboxylic acids is 2. The van der Waals surface area contributed by atoms with Gasteiger partial charge in [-0.3, -0.25) is 24.4 Å². The lowest BCUT2D eigenvalue weighted by Gasteiger charge is -2.45. The van der Waals surface area contributed by atoms with Crippen molar-refractivity contribution in [3.63, 3.8) is 0 Å². The predicted octanol–water partition coefficient (Wildman–Crippen LogP) is 5.26. The largest absolute Gasteiger partial charge is 0.464 e. The number of nitrogens with zero attached hydrogens (tertiary/aromatic N) is 5. The number of nitrogens with two attached hydrogens (primary N) is 2. The summed E-state index contributed by atoms with van der Waals surface area (Å²) in [5.41, 5.74) is 25.6. The molecule has 58 heavy (non-hydrogen) atoms. The van der Waals surface area contributed by atoms with Gasteiger partial charge in [-0.2, -0.15) is 0 Å². The van der Waals surface area contributed by atoms with Gasteiger partial charge in [0.1, 0.15) is 6.04 Å². The smallest absolute Gasteiger partial charge is 0.324 e. The van der Waals surface area contributed by atoms with Gasteiger partial charge in [-0.25, -0.2) is 5.43 Å². The Labute approximate surface area is 346 Å². The number of nitrogens with one attached hydrogen (secondary N) is 1. The molecule has 3 fully saturated rings. The zero-order chi connectivity index (χ0) is 41.1. The first-order valence-electron chi connectivity index (χ1n) is 22.2. The molecular formula is C46H70N8O4. The summed E-state index contributed by atoms with van der Waals surface area (Å²) in [5, 5.41) is 2.73. The number of ether oxygens (including phenoxy) is 2. The lowest BCUT2D eigenvalue weighted by Crippen LogP contribution is -2.60. The summed E-state index contributed by atoms with van der Waals surface area (Å²) >= 11 is 0. The number of amides is 1. The molecule has 1 aromatic carbocycles. The van der Waals surface area contributed by atoms with Crippen molar-refractivity contribution in [2.45, 2.75) is 123 Å². The number of fused-ring (bicyclic) bond motifs is 7. The van der Waals surface area contributed by atoms with Crippen LogP contribution in [0.3, 0.4) is 0 Å². The number of allylic oxidation sites excluding steroid dienone is 3. The zero-order valence-electron chi connectivity index (χ0n) is 36.2. The summed E-state index contributed by atoms with van der Waals surface area (Å²) in [5.74, 6) is -0.527. The second kappa shape index (κ2) is 18.3. The molecule has 12 nitrogen and oxygen atoms in total. The highest BCUT2D eigenvalue weighted by molar-refractivity contribution is 5.95. The molecule has 5 aliphatic heterocycles. The topological polar surface area (TPSA) is 135 Å². The van der Waals surface area contributed by atoms with Gasteiger partial charge < -0.3 is 30.4 Å². The Morgan fingerprint density at radius 1 is 1.07 bits per heavy atom. The fourth-order valence-corrected chi connectivity index (χ4v) is 9.97. The number of aryl methyl sites for hydroxylation is 1. The van der Waals surface area contributed by atoms with E-state index in [1.165, 1.54) is 53.6 Å². The third kappa shape index (κ3) is 9.06. The average molecular weight is 799 g/mol. The van der Waals surface area contributed by atoms with Crippen LogP contribution in [0.15, 0.2) is 41.7 Å². The van der Waals surface area contributed by atoms with E-state index in [9.17, 15) is 9.59 Å². The van der Waals surface area contributed by atoms with Crippen molar-refractivity contribution in [1.82, 2.24) is 29.7 Å². The van der Waals surface area contributed by atoms with Crippen LogP contribution in [0.1, 0.15) is 103 Å². The monoisotopic (exact) mass is 799 g/mol. The first kappa shape index (κ1) is 42.4. The van der Waals surface area contributed by atoms with Crippen LogP contribution < -0.4 is 16.9 Å². The number of aromatic nitrogens is 1. The number of piperidine rings is 1. The van der Waals surface area contributed by atoms with Crippen molar-refractivity contribution in [2.24, 2.45) is 16.9 Å². The number of rotatable bonds is 8. The summed E-state index contributed by atoms with van der Waals surface area (Å²) in [7, 11) is 1.73. The number of hydrazine groups is 1. The summed E-state index contributed by atoms with van der Waals surface area (Å²) in [6.07, 6.45) is 13.1. The van der Waals surface area contributed by atoms with Crippen molar-refractivity contribution < 1.29 is 19.1 Å². The van der Waals surface area contributed by atoms with Gasteiger partial charge >= 0.3 is 5.97 Å². The molecule has 2 unspecified atom stereocenters. The molecule has 0 radical (unpaired) electrons. The Balaban J connectivity index is 1.38. The predicted molar refractivity (Wildman–Crippen MR) is 232 cm³/mol. The normalized spacial score (nSPS) is 27.4. The van der Waals surface area contributed by atoms with Crippen molar-refractivity contribution in [1.29, 1.82) is 0 Å². The second-order valence-corrected chi connectivity index (χ2v) is 18.2. The Morgan fingerprint density at radius 2 is 1.90 bits per heavy atom. The Bertz CT molecular complexity index is 1910. The van der Waals surface area contributed by atoms with Crippen molar-refractivity contribution in [3.05, 3.63) is 58.6 Å². The van der Waals surface area contributed by atoms with E-state index in [0.717, 1.165) is 74.5 Å². The summed E-state index contributed by atoms with van der Waals surface area (Å²) in [6.45, 7) is 18.7. The molecule has 2 aromatic rings. The fourth-order valence-electron chi connectivity index (χ4n) is 9.97. The van der Waals surface area contributed by atoms with Crippen molar-refractivity contribution >= 4 is 33.9 Å². The number of piperazine rings is 1. The number of esters is 1. The Kier molecular flexibility index (Phi) is 13.4. The molecule has 12 heteroatoms. The Hall–Kier alpha value is -3.68. The quantitative estimate of drug-likeness (QED) is 0.240. The molecule has 3 saturated heterocycles. The van der Waals surface area contributed by atoms with E-state index in [1.54, 1.807) is 12.1 Å². The van der Waals surface area contributed by atoms with Crippen LogP contribution in [0, 0.1) is 5.41 Å². The van der Waals surface area contributed by atoms with Gasteiger partial charge in [-0.15, -0.1) is 0 Å². The minimum Gasteiger partial charge on any atom is -0.464 e. The standard InChI is InChI=1S/C46H70N8O4/c1-7-13-34(52-23-22-51-20-10-9-15-35(51)28-52)25-37(42(48)31(3)57-6)43-38-26-46(4,5)30-58-45(56)40-16-12-21-54(49-40)44(55)39(47)29-50-19-11-14-33(27-50)32-17-18-41(36(38)24-32)53(43)8-2/h14,17-18,24-25,31,35,39-40,49H,7-13,15-16,19-23,26-30,47-48H2,1-6H3/b34-25+,42-37+/t31?,35-,39+,40+/m1/s1. The molecule has 5 atom stereocenters. The number of cyclic esters (lactones) is 1. The van der Waals surface area contributed by atoms with Gasteiger partial charge in [0.15, 0.2) is 0 Å². The lowest BCUT2D eigenvalue weighted by atomic mass is 9.83. The highest BCUT2D eigenvalue weighted by Crippen LogP contribution is 2.40. The molecule has 1 aromatic heterocycles. The molecule has 0 aliphatic carbocycles. The first-order chi connectivity index (χ1) is 27.9. The number of hydrogen-bond acceptors (Lipinski definition) is 10. The number of carbonyl (C=O) groups is 2. The van der Waals surface area contributed by atoms with Crippen LogP contribution in [0.25, 0.3) is 22.0 Å². The van der Waals surface area contributed by atoms with Gasteiger partial charge in [-0.05, 0) is 100 Å². The van der Waals surface area contributed by atoms with Crippen LogP contribution in [0.2, 0.25) is 0 Å². The number of hydrogen-bond donors (Lipinski definition) is 3. The van der Waals surface area contributed by atoms with Crippen LogP contribution >= 0.6 is 0 Å². The highest BCUT2D eigenvalue weighted by Gasteiger charge is 2.36. The average Bonchev–Trinajstić information content (AvgIpc) is 3.54. The third-order valence-electron chi connectivity index (χ3n) is 13.3. The van der Waals surface area contributed by atoms with Crippen LogP contribution in [0.4, 0.5) is 0 Å². The molecule has 6 bridgehead atoms. The van der Waals surface area contributed by atoms with Gasteiger partial charge in [0.25, 0.3) is 5.91 Å². The van der Waals surface area contributed by atoms with Crippen molar-refractivity contribution in [2.75, 3.05) is 66.1 Å². The van der Waals surface area contributed by atoms with Gasteiger partial charge in [0.2, 0.25) is 0 Å². The zero-order valence-corrected chi connectivity index (χ0v) is 36.2. The minimum absolute atomic E-state index is 0.187. The summed E-state index contributed by atoms with van der Waals surface area (Å²) in [6, 6.07) is 6.15. The lowest BCUT2D eigenvalue weighted by molar-refractivity contribution is -0.155. The van der Waals surface area contributed by atoms with Crippen LogP contribution in [-0.4, -0.2) is 126 Å². The molecule has 5 aliphatic rings. The Morgan fingerprint density at radius 3 is 2.67 bits per heavy atom. The summed E-state index contributed by atoms with van der Waals surface area (Å²) < 4.78 is 14.6. The fraction of sp³-hybridized carbons (Fsp3) is 0.652. The maximum atomic E-state index is 13.7. The highest BCUT2D eigenvalue weighted by atomic mass is 16.5. The molecule has 5 N–H and O–H groups in total. The second-order valence-electron chi connectivity index (χ2n) is 18.2. The maximum absolute atomic E-state index is 13.7. The summed E-state index contributed by atoms with van der Waals surface area (Å²) in [4.78, 5) is 34.9. The number of benzene rings is 1. The van der Waals surface area contributed by atoms with Gasteiger partial charge in [0.05, 0.1) is 24.4 Å². The number of methoxy groups -OCH3 is 1. The van der Waals surface area contributed by atoms with E-state index >= 15 is 0 Å². The molecule has 0 saturated carbocycles. The van der Waals surface area contributed by atoms with Crippen molar-refractivity contribution in [3.8, 4) is 0 Å². The van der Waals surface area contributed by atoms with E-state index in [4.69, 9.17) is 20.9 Å². The van der Waals surface area contributed by atoms with Gasteiger partial charge in [-0.1, -0.05) is 45.8 Å². The third-order valence-corrected chi connectivity index (χ3v) is 13.3.